The maximum Gasteiger partial charge on any atom is 0.220 e. The molecule has 2 atom stereocenters. The molecule has 3 heteroatoms. The molecule has 0 aliphatic carbocycles. The van der Waals surface area contributed by atoms with Crippen molar-refractivity contribution in [1.82, 2.24) is 5.32 Å². The number of amides is 1. The number of nitrogens with one attached hydrogen (secondary N) is 1. The van der Waals surface area contributed by atoms with Crippen LogP contribution in [0.25, 0.3) is 0 Å². The Labute approximate surface area is 111 Å². The van der Waals surface area contributed by atoms with Gasteiger partial charge in [0.15, 0.2) is 0 Å². The molecule has 2 unspecified atom stereocenters. The lowest BCUT2D eigenvalue weighted by Gasteiger charge is -2.33. The van der Waals surface area contributed by atoms with Gasteiger partial charge in [-0.15, -0.1) is 0 Å². The number of carbonyl (C=O) groups excluding carboxylic acids is 2. The van der Waals surface area contributed by atoms with Crippen LogP contribution in [0.1, 0.15) is 59.8 Å². The van der Waals surface area contributed by atoms with Crippen LogP contribution in [0.4, 0.5) is 0 Å². The quantitative estimate of drug-likeness (QED) is 0.819. The molecule has 1 N–H and O–H groups in total. The maximum atomic E-state index is 12.6. The van der Waals surface area contributed by atoms with Gasteiger partial charge in [-0.1, -0.05) is 40.5 Å². The van der Waals surface area contributed by atoms with E-state index in [0.717, 1.165) is 25.7 Å². The zero-order valence-corrected chi connectivity index (χ0v) is 12.2. The molecule has 1 amide bonds. The summed E-state index contributed by atoms with van der Waals surface area (Å²) in [6, 6.07) is 0. The van der Waals surface area contributed by atoms with Crippen molar-refractivity contribution in [2.75, 3.05) is 6.54 Å². The minimum Gasteiger partial charge on any atom is -0.355 e. The SMILES string of the molecule is CCCC(C)C(C)(C)C(=O)C1CCCC(=O)NC1. The summed E-state index contributed by atoms with van der Waals surface area (Å²) in [5.41, 5.74) is -0.282. The van der Waals surface area contributed by atoms with Gasteiger partial charge in [0.1, 0.15) is 5.78 Å². The summed E-state index contributed by atoms with van der Waals surface area (Å²) in [6.45, 7) is 8.96. The van der Waals surface area contributed by atoms with Gasteiger partial charge in [-0.25, -0.2) is 0 Å². The summed E-state index contributed by atoms with van der Waals surface area (Å²) in [4.78, 5) is 24.0. The van der Waals surface area contributed by atoms with Crippen molar-refractivity contribution in [1.29, 1.82) is 0 Å². The van der Waals surface area contributed by atoms with Crippen LogP contribution in [-0.4, -0.2) is 18.2 Å². The van der Waals surface area contributed by atoms with Crippen molar-refractivity contribution >= 4 is 11.7 Å². The van der Waals surface area contributed by atoms with Gasteiger partial charge >= 0.3 is 0 Å². The van der Waals surface area contributed by atoms with Crippen LogP contribution in [0.15, 0.2) is 0 Å². The van der Waals surface area contributed by atoms with Crippen molar-refractivity contribution in [3.8, 4) is 0 Å². The highest BCUT2D eigenvalue weighted by Gasteiger charge is 2.37. The van der Waals surface area contributed by atoms with Crippen molar-refractivity contribution in [2.45, 2.75) is 59.8 Å². The molecule has 0 radical (unpaired) electrons. The molecule has 1 rings (SSSR count). The van der Waals surface area contributed by atoms with Crippen LogP contribution in [0, 0.1) is 17.3 Å². The number of Topliss-reactive ketones (excluding diaryl/α,β-unsaturated/α-hetero) is 1. The molecule has 1 heterocycles. The van der Waals surface area contributed by atoms with E-state index in [4.69, 9.17) is 0 Å². The van der Waals surface area contributed by atoms with Gasteiger partial charge in [-0.2, -0.15) is 0 Å². The molecule has 18 heavy (non-hydrogen) atoms. The van der Waals surface area contributed by atoms with E-state index in [-0.39, 0.29) is 17.2 Å². The Bertz CT molecular complexity index is 310. The van der Waals surface area contributed by atoms with Crippen molar-refractivity contribution in [3.63, 3.8) is 0 Å². The lowest BCUT2D eigenvalue weighted by molar-refractivity contribution is -0.134. The highest BCUT2D eigenvalue weighted by molar-refractivity contribution is 5.88. The minimum atomic E-state index is -0.282. The summed E-state index contributed by atoms with van der Waals surface area (Å²) in [7, 11) is 0. The van der Waals surface area contributed by atoms with Gasteiger partial charge in [0.05, 0.1) is 0 Å². The largest absolute Gasteiger partial charge is 0.355 e. The fourth-order valence-electron chi connectivity index (χ4n) is 2.72. The summed E-state index contributed by atoms with van der Waals surface area (Å²) in [5.74, 6) is 0.815. The van der Waals surface area contributed by atoms with E-state index in [9.17, 15) is 9.59 Å². The molecule has 1 fully saturated rings. The number of hydrogen-bond acceptors (Lipinski definition) is 2. The maximum absolute atomic E-state index is 12.6. The molecule has 0 aromatic rings. The summed E-state index contributed by atoms with van der Waals surface area (Å²) in [5, 5.41) is 2.86. The second-order valence-electron chi connectivity index (χ2n) is 6.17. The van der Waals surface area contributed by atoms with Gasteiger partial charge in [-0.05, 0) is 18.8 Å². The van der Waals surface area contributed by atoms with Crippen molar-refractivity contribution in [2.24, 2.45) is 17.3 Å². The van der Waals surface area contributed by atoms with E-state index >= 15 is 0 Å². The van der Waals surface area contributed by atoms with E-state index in [1.54, 1.807) is 0 Å². The fourth-order valence-corrected chi connectivity index (χ4v) is 2.72. The number of ketones is 1. The molecule has 104 valence electrons. The first-order valence-electron chi connectivity index (χ1n) is 7.20. The molecule has 0 saturated carbocycles. The zero-order chi connectivity index (χ0) is 13.8. The number of carbonyl (C=O) groups is 2. The Kier molecular flexibility index (Phi) is 5.36. The van der Waals surface area contributed by atoms with Gasteiger partial charge in [-0.3, -0.25) is 9.59 Å². The first kappa shape index (κ1) is 15.2. The Hall–Kier alpha value is -0.860. The summed E-state index contributed by atoms with van der Waals surface area (Å²) in [6.07, 6.45) is 4.44. The molecular weight excluding hydrogens is 226 g/mol. The monoisotopic (exact) mass is 253 g/mol. The summed E-state index contributed by atoms with van der Waals surface area (Å²) >= 11 is 0. The third kappa shape index (κ3) is 3.56. The Morgan fingerprint density at radius 1 is 1.50 bits per heavy atom. The smallest absolute Gasteiger partial charge is 0.220 e. The second-order valence-corrected chi connectivity index (χ2v) is 6.17. The first-order valence-corrected chi connectivity index (χ1v) is 7.20. The van der Waals surface area contributed by atoms with E-state index < -0.39 is 0 Å². The topological polar surface area (TPSA) is 46.2 Å². The minimum absolute atomic E-state index is 0.00533. The van der Waals surface area contributed by atoms with E-state index in [2.05, 4.69) is 33.0 Å². The molecule has 1 aliphatic heterocycles. The van der Waals surface area contributed by atoms with Crippen LogP contribution in [-0.2, 0) is 9.59 Å². The molecule has 0 spiro atoms. The third-order valence-corrected chi connectivity index (χ3v) is 4.46. The molecule has 1 aliphatic rings. The Morgan fingerprint density at radius 3 is 2.78 bits per heavy atom. The Balaban J connectivity index is 2.69. The average molecular weight is 253 g/mol. The molecule has 0 bridgehead atoms. The highest BCUT2D eigenvalue weighted by Crippen LogP contribution is 2.35. The normalized spacial score (nSPS) is 23.1. The first-order chi connectivity index (χ1) is 8.39. The average Bonchev–Trinajstić information content (AvgIpc) is 2.53. The summed E-state index contributed by atoms with van der Waals surface area (Å²) < 4.78 is 0. The highest BCUT2D eigenvalue weighted by atomic mass is 16.2. The Morgan fingerprint density at radius 2 is 2.17 bits per heavy atom. The lowest BCUT2D eigenvalue weighted by Crippen LogP contribution is -2.40. The lowest BCUT2D eigenvalue weighted by atomic mass is 9.70. The standard InChI is InChI=1S/C15H27NO2/c1-5-7-11(2)15(3,4)14(18)12-8-6-9-13(17)16-10-12/h11-12H,5-10H2,1-4H3,(H,16,17). The van der Waals surface area contributed by atoms with E-state index in [1.165, 1.54) is 0 Å². The van der Waals surface area contributed by atoms with Crippen molar-refractivity contribution < 1.29 is 9.59 Å². The van der Waals surface area contributed by atoms with E-state index in [0.29, 0.717) is 24.7 Å². The number of rotatable bonds is 5. The molecule has 0 aromatic heterocycles. The van der Waals surface area contributed by atoms with Crippen LogP contribution < -0.4 is 5.32 Å². The predicted molar refractivity (Wildman–Crippen MR) is 73.2 cm³/mol. The van der Waals surface area contributed by atoms with Crippen LogP contribution >= 0.6 is 0 Å². The predicted octanol–water partition coefficient (Wildman–Crippen LogP) is 2.93. The van der Waals surface area contributed by atoms with Crippen LogP contribution in [0.5, 0.6) is 0 Å². The van der Waals surface area contributed by atoms with Gasteiger partial charge in [0.2, 0.25) is 5.91 Å². The zero-order valence-electron chi connectivity index (χ0n) is 12.2. The fraction of sp³-hybridized carbons (Fsp3) is 0.867. The van der Waals surface area contributed by atoms with Gasteiger partial charge in [0, 0.05) is 24.3 Å². The molecular formula is C15H27NO2. The van der Waals surface area contributed by atoms with E-state index in [1.807, 2.05) is 0 Å². The third-order valence-electron chi connectivity index (χ3n) is 4.46. The van der Waals surface area contributed by atoms with Gasteiger partial charge in [0.25, 0.3) is 0 Å². The molecule has 0 aromatic carbocycles. The van der Waals surface area contributed by atoms with Crippen LogP contribution in [0.3, 0.4) is 0 Å². The van der Waals surface area contributed by atoms with Crippen molar-refractivity contribution in [3.05, 3.63) is 0 Å². The number of hydrogen-bond donors (Lipinski definition) is 1. The second kappa shape index (κ2) is 6.35. The van der Waals surface area contributed by atoms with Crippen LogP contribution in [0.2, 0.25) is 0 Å². The molecule has 1 saturated heterocycles. The molecule has 3 nitrogen and oxygen atoms in total. The van der Waals surface area contributed by atoms with Gasteiger partial charge < -0.3 is 5.32 Å².